The number of amides is 1. The van der Waals surface area contributed by atoms with Gasteiger partial charge in [0.2, 0.25) is 5.91 Å². The van der Waals surface area contributed by atoms with Crippen molar-refractivity contribution in [1.29, 1.82) is 0 Å². The Morgan fingerprint density at radius 2 is 2.15 bits per heavy atom. The third-order valence-electron chi connectivity index (χ3n) is 3.39. The predicted molar refractivity (Wildman–Crippen MR) is 86.3 cm³/mol. The molecule has 3 rings (SSSR count). The Morgan fingerprint density at radius 1 is 1.40 bits per heavy atom. The van der Waals surface area contributed by atoms with Crippen LogP contribution in [0.3, 0.4) is 0 Å². The van der Waals surface area contributed by atoms with Gasteiger partial charge >= 0.3 is 0 Å². The maximum absolute atomic E-state index is 12.0. The van der Waals surface area contributed by atoms with Gasteiger partial charge in [0, 0.05) is 29.6 Å². The lowest BCUT2D eigenvalue weighted by Gasteiger charge is -2.11. The monoisotopic (exact) mass is 305 g/mol. The highest BCUT2D eigenvalue weighted by Gasteiger charge is 2.31. The van der Waals surface area contributed by atoms with Gasteiger partial charge in [-0.1, -0.05) is 12.1 Å². The Kier molecular flexibility index (Phi) is 3.67. The molecule has 1 atom stereocenters. The number of nitrogens with two attached hydrogens (primary N) is 1. The first-order valence-electron chi connectivity index (χ1n) is 6.40. The van der Waals surface area contributed by atoms with Crippen molar-refractivity contribution in [2.75, 3.05) is 22.9 Å². The molecule has 0 bridgehead atoms. The fraction of sp³-hybridized carbons (Fsp3) is 0.286. The van der Waals surface area contributed by atoms with Crippen LogP contribution in [0.5, 0.6) is 0 Å². The molecule has 1 amide bonds. The Hall–Kier alpha value is -1.53. The van der Waals surface area contributed by atoms with Gasteiger partial charge in [-0.05, 0) is 23.8 Å². The van der Waals surface area contributed by atoms with E-state index in [0.717, 1.165) is 34.4 Å². The number of benzene rings is 1. The van der Waals surface area contributed by atoms with Crippen LogP contribution in [0, 0.1) is 5.92 Å². The summed E-state index contributed by atoms with van der Waals surface area (Å²) in [5.74, 6) is 1.20. The van der Waals surface area contributed by atoms with Gasteiger partial charge in [0.25, 0.3) is 0 Å². The lowest BCUT2D eigenvalue weighted by Crippen LogP contribution is -2.24. The maximum Gasteiger partial charge on any atom is 0.229 e. The van der Waals surface area contributed by atoms with Gasteiger partial charge in [-0.3, -0.25) is 9.69 Å². The van der Waals surface area contributed by atoms with Gasteiger partial charge in [0.1, 0.15) is 0 Å². The predicted octanol–water partition coefficient (Wildman–Crippen LogP) is 2.68. The summed E-state index contributed by atoms with van der Waals surface area (Å²) in [6.45, 7) is 0.719. The number of hydrogen-bond donors (Lipinski definition) is 2. The Labute approximate surface area is 127 Å². The molecule has 0 aliphatic carbocycles. The minimum atomic E-state index is 0.141. The van der Waals surface area contributed by atoms with Gasteiger partial charge in [-0.15, -0.1) is 11.3 Å². The van der Waals surface area contributed by atoms with E-state index in [1.807, 2.05) is 29.6 Å². The van der Waals surface area contributed by atoms with Gasteiger partial charge in [0.05, 0.1) is 5.69 Å². The maximum atomic E-state index is 12.0. The van der Waals surface area contributed by atoms with Crippen molar-refractivity contribution in [2.45, 2.75) is 6.42 Å². The minimum absolute atomic E-state index is 0.141. The zero-order chi connectivity index (χ0) is 14.1. The summed E-state index contributed by atoms with van der Waals surface area (Å²) in [5.41, 5.74) is 8.31. The summed E-state index contributed by atoms with van der Waals surface area (Å²) in [7, 11) is 0. The van der Waals surface area contributed by atoms with Crippen LogP contribution in [-0.4, -0.2) is 23.2 Å². The zero-order valence-electron chi connectivity index (χ0n) is 10.8. The molecule has 0 saturated carbocycles. The molecule has 1 aromatic heterocycles. The highest BCUT2D eigenvalue weighted by Crippen LogP contribution is 2.31. The Morgan fingerprint density at radius 3 is 2.80 bits per heavy atom. The van der Waals surface area contributed by atoms with Crippen LogP contribution in [0.1, 0.15) is 6.42 Å². The SMILES string of the molecule is Nc1ccc(-c2csc(N3CC(CS)CC3=O)n2)cc1. The standard InChI is InChI=1S/C14H15N3OS2/c15-11-3-1-10(2-4-11)12-8-20-14(16-12)17-6-9(7-19)5-13(17)18/h1-4,8-9,19H,5-7,15H2. The fourth-order valence-corrected chi connectivity index (χ4v) is 3.37. The first-order valence-corrected chi connectivity index (χ1v) is 7.91. The molecular formula is C14H15N3OS2. The molecule has 104 valence electrons. The van der Waals surface area contributed by atoms with Crippen LogP contribution in [-0.2, 0) is 4.79 Å². The summed E-state index contributed by atoms with van der Waals surface area (Å²) < 4.78 is 0. The number of hydrogen-bond acceptors (Lipinski definition) is 5. The summed E-state index contributed by atoms with van der Waals surface area (Å²) >= 11 is 5.77. The van der Waals surface area contributed by atoms with Crippen LogP contribution in [0.15, 0.2) is 29.6 Å². The highest BCUT2D eigenvalue weighted by atomic mass is 32.1. The highest BCUT2D eigenvalue weighted by molar-refractivity contribution is 7.80. The molecule has 20 heavy (non-hydrogen) atoms. The molecule has 0 radical (unpaired) electrons. The summed E-state index contributed by atoms with van der Waals surface area (Å²) in [5, 5.41) is 2.74. The lowest BCUT2D eigenvalue weighted by molar-refractivity contribution is -0.117. The molecular weight excluding hydrogens is 290 g/mol. The Balaban J connectivity index is 1.83. The largest absolute Gasteiger partial charge is 0.399 e. The molecule has 6 heteroatoms. The smallest absolute Gasteiger partial charge is 0.229 e. The normalized spacial score (nSPS) is 18.8. The zero-order valence-corrected chi connectivity index (χ0v) is 12.5. The quantitative estimate of drug-likeness (QED) is 0.677. The summed E-state index contributed by atoms with van der Waals surface area (Å²) in [6, 6.07) is 7.59. The van der Waals surface area contributed by atoms with E-state index >= 15 is 0 Å². The number of carbonyl (C=O) groups excluding carboxylic acids is 1. The van der Waals surface area contributed by atoms with Crippen molar-refractivity contribution in [1.82, 2.24) is 4.98 Å². The van der Waals surface area contributed by atoms with E-state index in [1.54, 1.807) is 4.90 Å². The molecule has 1 aliphatic heterocycles. The third kappa shape index (κ3) is 2.53. The number of anilines is 2. The second kappa shape index (κ2) is 5.46. The number of nitrogen functional groups attached to an aromatic ring is 1. The third-order valence-corrected chi connectivity index (χ3v) is 4.77. The number of thiazole rings is 1. The average molecular weight is 305 g/mol. The molecule has 1 saturated heterocycles. The molecule has 1 aromatic carbocycles. The Bertz CT molecular complexity index is 624. The average Bonchev–Trinajstić information content (AvgIpc) is 3.06. The van der Waals surface area contributed by atoms with E-state index < -0.39 is 0 Å². The molecule has 2 aromatic rings. The van der Waals surface area contributed by atoms with Crippen LogP contribution in [0.4, 0.5) is 10.8 Å². The number of nitrogens with zero attached hydrogens (tertiary/aromatic N) is 2. The van der Waals surface area contributed by atoms with Crippen molar-refractivity contribution in [3.05, 3.63) is 29.6 Å². The van der Waals surface area contributed by atoms with Crippen molar-refractivity contribution in [3.8, 4) is 11.3 Å². The van der Waals surface area contributed by atoms with Crippen LogP contribution >= 0.6 is 24.0 Å². The number of rotatable bonds is 3. The minimum Gasteiger partial charge on any atom is -0.399 e. The van der Waals surface area contributed by atoms with E-state index in [2.05, 4.69) is 17.6 Å². The lowest BCUT2D eigenvalue weighted by atomic mass is 10.1. The van der Waals surface area contributed by atoms with E-state index in [9.17, 15) is 4.79 Å². The molecule has 1 unspecified atom stereocenters. The number of carbonyl (C=O) groups is 1. The van der Waals surface area contributed by atoms with E-state index in [0.29, 0.717) is 12.3 Å². The summed E-state index contributed by atoms with van der Waals surface area (Å²) in [6.07, 6.45) is 0.570. The van der Waals surface area contributed by atoms with Gasteiger partial charge < -0.3 is 5.73 Å². The summed E-state index contributed by atoms with van der Waals surface area (Å²) in [4.78, 5) is 18.3. The molecule has 2 N–H and O–H groups in total. The molecule has 4 nitrogen and oxygen atoms in total. The topological polar surface area (TPSA) is 59.2 Å². The van der Waals surface area contributed by atoms with E-state index in [-0.39, 0.29) is 5.91 Å². The van der Waals surface area contributed by atoms with Crippen LogP contribution < -0.4 is 10.6 Å². The van der Waals surface area contributed by atoms with E-state index in [1.165, 1.54) is 11.3 Å². The van der Waals surface area contributed by atoms with Crippen LogP contribution in [0.25, 0.3) is 11.3 Å². The first-order chi connectivity index (χ1) is 9.67. The van der Waals surface area contributed by atoms with Gasteiger partial charge in [-0.2, -0.15) is 12.6 Å². The van der Waals surface area contributed by atoms with Crippen LogP contribution in [0.2, 0.25) is 0 Å². The molecule has 1 aliphatic rings. The first kappa shape index (κ1) is 13.5. The number of aromatic nitrogens is 1. The molecule has 1 fully saturated rings. The molecule has 0 spiro atoms. The van der Waals surface area contributed by atoms with Crippen molar-refractivity contribution < 1.29 is 4.79 Å². The van der Waals surface area contributed by atoms with Crippen molar-refractivity contribution in [3.63, 3.8) is 0 Å². The second-order valence-corrected chi connectivity index (χ2v) is 6.10. The second-order valence-electron chi connectivity index (χ2n) is 4.89. The molecule has 2 heterocycles. The van der Waals surface area contributed by atoms with Crippen molar-refractivity contribution >= 4 is 40.7 Å². The van der Waals surface area contributed by atoms with Crippen molar-refractivity contribution in [2.24, 2.45) is 5.92 Å². The van der Waals surface area contributed by atoms with E-state index in [4.69, 9.17) is 5.73 Å². The van der Waals surface area contributed by atoms with Gasteiger partial charge in [-0.25, -0.2) is 4.98 Å². The van der Waals surface area contributed by atoms with Gasteiger partial charge in [0.15, 0.2) is 5.13 Å². The fourth-order valence-electron chi connectivity index (χ4n) is 2.26. The number of thiol groups is 1.